The van der Waals surface area contributed by atoms with Crippen LogP contribution in [0.5, 0.6) is 0 Å². The summed E-state index contributed by atoms with van der Waals surface area (Å²) in [4.78, 5) is 15.3. The van der Waals surface area contributed by atoms with E-state index in [9.17, 15) is 4.91 Å². The maximum atomic E-state index is 10.6. The molecule has 0 aliphatic carbocycles. The first-order chi connectivity index (χ1) is 11.6. The molecule has 24 heavy (non-hydrogen) atoms. The van der Waals surface area contributed by atoms with E-state index in [1.54, 1.807) is 12.1 Å². The molecule has 3 rings (SSSR count). The Morgan fingerprint density at radius 3 is 2.46 bits per heavy atom. The van der Waals surface area contributed by atoms with Gasteiger partial charge in [-0.05, 0) is 42.3 Å². The summed E-state index contributed by atoms with van der Waals surface area (Å²) in [6.07, 6.45) is 1.60. The standard InChI is InChI=1S/C19H20N2O3/c1-19(2)23-13-17(20-12-14-6-4-3-5-7-14)18(24-19)15-8-10-16(21-22)11-9-15/h3-12,17-18H,13H2,1-2H3. The number of aliphatic imine (C=N–C) groups is 1. The van der Waals surface area contributed by atoms with E-state index in [1.165, 1.54) is 0 Å². The monoisotopic (exact) mass is 324 g/mol. The second-order valence-electron chi connectivity index (χ2n) is 6.19. The molecule has 1 aliphatic rings. The quantitative estimate of drug-likeness (QED) is 0.619. The number of hydrogen-bond donors (Lipinski definition) is 0. The van der Waals surface area contributed by atoms with Gasteiger partial charge in [-0.15, -0.1) is 4.91 Å². The van der Waals surface area contributed by atoms with E-state index in [0.717, 1.165) is 11.1 Å². The Kier molecular flexibility index (Phi) is 4.83. The molecule has 1 saturated heterocycles. The first-order valence-electron chi connectivity index (χ1n) is 7.91. The lowest BCUT2D eigenvalue weighted by Crippen LogP contribution is -2.43. The molecule has 0 aromatic heterocycles. The minimum Gasteiger partial charge on any atom is -0.348 e. The Balaban J connectivity index is 1.85. The maximum Gasteiger partial charge on any atom is 0.163 e. The predicted molar refractivity (Wildman–Crippen MR) is 93.6 cm³/mol. The second kappa shape index (κ2) is 7.03. The van der Waals surface area contributed by atoms with Crippen LogP contribution in [-0.2, 0) is 9.47 Å². The first kappa shape index (κ1) is 16.5. The second-order valence-corrected chi connectivity index (χ2v) is 6.19. The molecule has 0 N–H and O–H groups in total. The molecule has 2 aromatic rings. The minimum atomic E-state index is -0.676. The summed E-state index contributed by atoms with van der Waals surface area (Å²) < 4.78 is 11.8. The molecule has 0 saturated carbocycles. The number of rotatable bonds is 4. The van der Waals surface area contributed by atoms with Gasteiger partial charge >= 0.3 is 0 Å². The highest BCUT2D eigenvalue weighted by Crippen LogP contribution is 2.35. The Labute approximate surface area is 141 Å². The molecular formula is C19H20N2O3. The van der Waals surface area contributed by atoms with Crippen molar-refractivity contribution in [3.8, 4) is 0 Å². The lowest BCUT2D eigenvalue weighted by Gasteiger charge is -2.39. The van der Waals surface area contributed by atoms with Crippen molar-refractivity contribution in [3.05, 3.63) is 70.6 Å². The number of nitrogens with zero attached hydrogens (tertiary/aromatic N) is 2. The van der Waals surface area contributed by atoms with Crippen LogP contribution < -0.4 is 0 Å². The summed E-state index contributed by atoms with van der Waals surface area (Å²) in [5, 5.41) is 2.94. The lowest BCUT2D eigenvalue weighted by molar-refractivity contribution is -0.281. The zero-order chi connectivity index (χ0) is 17.0. The Bertz CT molecular complexity index is 711. The van der Waals surface area contributed by atoms with Gasteiger partial charge in [-0.2, -0.15) is 0 Å². The van der Waals surface area contributed by atoms with Crippen LogP contribution in [-0.4, -0.2) is 24.7 Å². The van der Waals surface area contributed by atoms with Crippen LogP contribution in [0.4, 0.5) is 5.69 Å². The largest absolute Gasteiger partial charge is 0.348 e. The van der Waals surface area contributed by atoms with Crippen molar-refractivity contribution in [2.24, 2.45) is 10.2 Å². The average Bonchev–Trinajstić information content (AvgIpc) is 2.61. The number of nitroso groups, excluding NO2 is 1. The van der Waals surface area contributed by atoms with Crippen LogP contribution in [0.2, 0.25) is 0 Å². The van der Waals surface area contributed by atoms with Gasteiger partial charge < -0.3 is 9.47 Å². The summed E-state index contributed by atoms with van der Waals surface area (Å²) in [5.74, 6) is -0.676. The van der Waals surface area contributed by atoms with E-state index in [0.29, 0.717) is 12.3 Å². The predicted octanol–water partition coefficient (Wildman–Crippen LogP) is 4.40. The molecule has 1 aliphatic heterocycles. The van der Waals surface area contributed by atoms with Crippen LogP contribution in [0, 0.1) is 4.91 Å². The van der Waals surface area contributed by atoms with Gasteiger partial charge in [0.25, 0.3) is 0 Å². The van der Waals surface area contributed by atoms with E-state index in [1.807, 2.05) is 62.5 Å². The van der Waals surface area contributed by atoms with E-state index in [-0.39, 0.29) is 12.1 Å². The molecule has 2 unspecified atom stereocenters. The average molecular weight is 324 g/mol. The van der Waals surface area contributed by atoms with Crippen molar-refractivity contribution in [3.63, 3.8) is 0 Å². The molecule has 0 bridgehead atoms. The molecule has 0 spiro atoms. The number of benzene rings is 2. The molecule has 0 amide bonds. The highest BCUT2D eigenvalue weighted by molar-refractivity contribution is 5.79. The fourth-order valence-electron chi connectivity index (χ4n) is 2.65. The summed E-state index contributed by atoms with van der Waals surface area (Å²) in [6, 6.07) is 16.8. The van der Waals surface area contributed by atoms with E-state index in [2.05, 4.69) is 10.2 Å². The van der Waals surface area contributed by atoms with Gasteiger partial charge in [0.15, 0.2) is 5.79 Å². The third-order valence-corrected chi connectivity index (χ3v) is 3.90. The Morgan fingerprint density at radius 2 is 1.79 bits per heavy atom. The molecule has 2 atom stereocenters. The van der Waals surface area contributed by atoms with Gasteiger partial charge in [-0.25, -0.2) is 0 Å². The molecule has 5 heteroatoms. The van der Waals surface area contributed by atoms with E-state index in [4.69, 9.17) is 9.47 Å². The normalized spacial score (nSPS) is 23.2. The van der Waals surface area contributed by atoms with E-state index >= 15 is 0 Å². The minimum absolute atomic E-state index is 0.159. The maximum absolute atomic E-state index is 10.6. The van der Waals surface area contributed by atoms with Crippen molar-refractivity contribution < 1.29 is 9.47 Å². The lowest BCUT2D eigenvalue weighted by atomic mass is 10.0. The van der Waals surface area contributed by atoms with Gasteiger partial charge in [-0.3, -0.25) is 4.99 Å². The van der Waals surface area contributed by atoms with Crippen LogP contribution >= 0.6 is 0 Å². The van der Waals surface area contributed by atoms with Crippen LogP contribution in [0.15, 0.2) is 64.8 Å². The third kappa shape index (κ3) is 3.93. The zero-order valence-corrected chi connectivity index (χ0v) is 13.8. The molecule has 1 fully saturated rings. The van der Waals surface area contributed by atoms with Crippen LogP contribution in [0.1, 0.15) is 31.1 Å². The SMILES string of the molecule is CC1(C)OCC(N=Cc2ccccc2)C(c2ccc(N=O)cc2)O1. The van der Waals surface area contributed by atoms with Crippen LogP contribution in [0.25, 0.3) is 0 Å². The van der Waals surface area contributed by atoms with Crippen molar-refractivity contribution in [2.45, 2.75) is 31.8 Å². The topological polar surface area (TPSA) is 60.2 Å². The molecule has 2 aromatic carbocycles. The summed E-state index contributed by atoms with van der Waals surface area (Å²) in [7, 11) is 0. The highest BCUT2D eigenvalue weighted by Gasteiger charge is 2.37. The summed E-state index contributed by atoms with van der Waals surface area (Å²) in [6.45, 7) is 4.24. The molecule has 124 valence electrons. The highest BCUT2D eigenvalue weighted by atomic mass is 16.7. The summed E-state index contributed by atoms with van der Waals surface area (Å²) in [5.41, 5.74) is 2.38. The van der Waals surface area contributed by atoms with Crippen molar-refractivity contribution in [2.75, 3.05) is 6.61 Å². The van der Waals surface area contributed by atoms with Gasteiger partial charge in [0.2, 0.25) is 0 Å². The van der Waals surface area contributed by atoms with Gasteiger partial charge in [0.05, 0.1) is 6.61 Å². The fraction of sp³-hybridized carbons (Fsp3) is 0.316. The van der Waals surface area contributed by atoms with Crippen molar-refractivity contribution in [1.82, 2.24) is 0 Å². The zero-order valence-electron chi connectivity index (χ0n) is 13.8. The van der Waals surface area contributed by atoms with Gasteiger partial charge in [0, 0.05) is 6.21 Å². The fourth-order valence-corrected chi connectivity index (χ4v) is 2.65. The Hall–Kier alpha value is -2.37. The Morgan fingerprint density at radius 1 is 1.08 bits per heavy atom. The smallest absolute Gasteiger partial charge is 0.163 e. The first-order valence-corrected chi connectivity index (χ1v) is 7.91. The van der Waals surface area contributed by atoms with E-state index < -0.39 is 5.79 Å². The van der Waals surface area contributed by atoms with Crippen molar-refractivity contribution >= 4 is 11.9 Å². The molecule has 1 heterocycles. The molecule has 0 radical (unpaired) electrons. The van der Waals surface area contributed by atoms with Gasteiger partial charge in [-0.1, -0.05) is 42.5 Å². The summed E-state index contributed by atoms with van der Waals surface area (Å²) >= 11 is 0. The number of hydrogen-bond acceptors (Lipinski definition) is 5. The molecular weight excluding hydrogens is 304 g/mol. The molecule has 5 nitrogen and oxygen atoms in total. The third-order valence-electron chi connectivity index (χ3n) is 3.90. The van der Waals surface area contributed by atoms with Crippen molar-refractivity contribution in [1.29, 1.82) is 0 Å². The van der Waals surface area contributed by atoms with Gasteiger partial charge in [0.1, 0.15) is 17.8 Å². The number of ether oxygens (including phenoxy) is 2. The van der Waals surface area contributed by atoms with Crippen LogP contribution in [0.3, 0.4) is 0 Å².